The Balaban J connectivity index is 2.12. The number of aryl methyl sites for hydroxylation is 1. The third kappa shape index (κ3) is 4.61. The topological polar surface area (TPSA) is 49.2 Å². The summed E-state index contributed by atoms with van der Waals surface area (Å²) in [5.74, 6) is 0. The SMILES string of the molecule is CCc1ccc(CN(Cc2ccccn2)C(CC)CO)nc1. The van der Waals surface area contributed by atoms with Crippen molar-refractivity contribution in [2.24, 2.45) is 0 Å². The van der Waals surface area contributed by atoms with E-state index >= 15 is 0 Å². The average Bonchev–Trinajstić information content (AvgIpc) is 2.57. The van der Waals surface area contributed by atoms with Crippen LogP contribution in [0.2, 0.25) is 0 Å². The van der Waals surface area contributed by atoms with E-state index in [2.05, 4.69) is 40.8 Å². The van der Waals surface area contributed by atoms with Gasteiger partial charge in [-0.3, -0.25) is 14.9 Å². The quantitative estimate of drug-likeness (QED) is 0.814. The Bertz CT molecular complexity index is 538. The zero-order chi connectivity index (χ0) is 15.8. The van der Waals surface area contributed by atoms with E-state index in [1.165, 1.54) is 5.56 Å². The van der Waals surface area contributed by atoms with Gasteiger partial charge in [0.1, 0.15) is 0 Å². The molecular formula is C18H25N3O. The zero-order valence-electron chi connectivity index (χ0n) is 13.4. The van der Waals surface area contributed by atoms with Crippen LogP contribution in [-0.2, 0) is 19.5 Å². The molecule has 0 spiro atoms. The van der Waals surface area contributed by atoms with Crippen LogP contribution in [0.4, 0.5) is 0 Å². The summed E-state index contributed by atoms with van der Waals surface area (Å²) in [6.07, 6.45) is 5.64. The fourth-order valence-electron chi connectivity index (χ4n) is 2.48. The highest BCUT2D eigenvalue weighted by molar-refractivity contribution is 5.14. The molecule has 0 saturated heterocycles. The first-order chi connectivity index (χ1) is 10.8. The van der Waals surface area contributed by atoms with Crippen molar-refractivity contribution in [3.05, 3.63) is 59.7 Å². The highest BCUT2D eigenvalue weighted by Gasteiger charge is 2.17. The van der Waals surface area contributed by atoms with Crippen molar-refractivity contribution in [3.8, 4) is 0 Å². The monoisotopic (exact) mass is 299 g/mol. The molecule has 4 nitrogen and oxygen atoms in total. The normalized spacial score (nSPS) is 12.5. The maximum absolute atomic E-state index is 9.65. The maximum atomic E-state index is 9.65. The smallest absolute Gasteiger partial charge is 0.0587 e. The lowest BCUT2D eigenvalue weighted by Crippen LogP contribution is -2.37. The van der Waals surface area contributed by atoms with E-state index in [-0.39, 0.29) is 12.6 Å². The number of aromatic nitrogens is 2. The number of hydrogen-bond acceptors (Lipinski definition) is 4. The fourth-order valence-corrected chi connectivity index (χ4v) is 2.48. The van der Waals surface area contributed by atoms with Crippen molar-refractivity contribution in [1.29, 1.82) is 0 Å². The van der Waals surface area contributed by atoms with Gasteiger partial charge in [-0.15, -0.1) is 0 Å². The molecule has 0 amide bonds. The van der Waals surface area contributed by atoms with Gasteiger partial charge in [-0.25, -0.2) is 0 Å². The third-order valence-electron chi connectivity index (χ3n) is 3.95. The van der Waals surface area contributed by atoms with E-state index in [4.69, 9.17) is 0 Å². The van der Waals surface area contributed by atoms with Crippen LogP contribution in [0.3, 0.4) is 0 Å². The van der Waals surface area contributed by atoms with Gasteiger partial charge in [-0.1, -0.05) is 26.0 Å². The predicted molar refractivity (Wildman–Crippen MR) is 88.3 cm³/mol. The molecule has 4 heteroatoms. The van der Waals surface area contributed by atoms with Crippen molar-refractivity contribution >= 4 is 0 Å². The van der Waals surface area contributed by atoms with Crippen molar-refractivity contribution in [3.63, 3.8) is 0 Å². The van der Waals surface area contributed by atoms with Gasteiger partial charge in [0.05, 0.1) is 18.0 Å². The van der Waals surface area contributed by atoms with Gasteiger partial charge in [-0.05, 0) is 36.6 Å². The molecule has 0 aromatic carbocycles. The average molecular weight is 299 g/mol. The largest absolute Gasteiger partial charge is 0.395 e. The zero-order valence-corrected chi connectivity index (χ0v) is 13.4. The molecule has 0 aliphatic heterocycles. The summed E-state index contributed by atoms with van der Waals surface area (Å²) in [6.45, 7) is 5.82. The molecule has 22 heavy (non-hydrogen) atoms. The van der Waals surface area contributed by atoms with E-state index < -0.39 is 0 Å². The summed E-state index contributed by atoms with van der Waals surface area (Å²) in [4.78, 5) is 11.2. The van der Waals surface area contributed by atoms with Crippen molar-refractivity contribution in [2.75, 3.05) is 6.61 Å². The lowest BCUT2D eigenvalue weighted by Gasteiger charge is -2.29. The van der Waals surface area contributed by atoms with Gasteiger partial charge in [0.15, 0.2) is 0 Å². The second-order valence-corrected chi connectivity index (χ2v) is 5.48. The van der Waals surface area contributed by atoms with Gasteiger partial charge in [0.25, 0.3) is 0 Å². The molecule has 0 bridgehead atoms. The number of hydrogen-bond donors (Lipinski definition) is 1. The molecule has 0 radical (unpaired) electrons. The van der Waals surface area contributed by atoms with Gasteiger partial charge in [0.2, 0.25) is 0 Å². The molecule has 2 aromatic rings. The minimum atomic E-state index is 0.120. The summed E-state index contributed by atoms with van der Waals surface area (Å²) >= 11 is 0. The Hall–Kier alpha value is -1.78. The van der Waals surface area contributed by atoms with Crippen LogP contribution in [0.25, 0.3) is 0 Å². The Labute approximate surface area is 132 Å². The van der Waals surface area contributed by atoms with E-state index in [1.54, 1.807) is 0 Å². The van der Waals surface area contributed by atoms with Crippen molar-refractivity contribution in [1.82, 2.24) is 14.9 Å². The minimum Gasteiger partial charge on any atom is -0.395 e. The Morgan fingerprint density at radius 2 is 1.82 bits per heavy atom. The van der Waals surface area contributed by atoms with E-state index in [9.17, 15) is 5.11 Å². The summed E-state index contributed by atoms with van der Waals surface area (Å²) in [7, 11) is 0. The number of rotatable bonds is 8. The predicted octanol–water partition coefficient (Wildman–Crippen LogP) is 2.81. The summed E-state index contributed by atoms with van der Waals surface area (Å²) in [5.41, 5.74) is 3.29. The van der Waals surface area contributed by atoms with E-state index in [1.807, 2.05) is 30.6 Å². The molecule has 2 aromatic heterocycles. The van der Waals surface area contributed by atoms with Crippen LogP contribution in [0.5, 0.6) is 0 Å². The third-order valence-corrected chi connectivity index (χ3v) is 3.95. The first-order valence-corrected chi connectivity index (χ1v) is 7.95. The molecular weight excluding hydrogens is 274 g/mol. The maximum Gasteiger partial charge on any atom is 0.0587 e. The second kappa shape index (κ2) is 8.61. The first-order valence-electron chi connectivity index (χ1n) is 7.95. The van der Waals surface area contributed by atoms with Crippen LogP contribution in [0.1, 0.15) is 37.2 Å². The van der Waals surface area contributed by atoms with Crippen LogP contribution < -0.4 is 0 Å². The summed E-state index contributed by atoms with van der Waals surface area (Å²) in [5, 5.41) is 9.65. The molecule has 1 N–H and O–H groups in total. The molecule has 0 aliphatic rings. The Morgan fingerprint density at radius 1 is 1.05 bits per heavy atom. The number of aliphatic hydroxyl groups excluding tert-OH is 1. The molecule has 1 unspecified atom stereocenters. The molecule has 2 heterocycles. The summed E-state index contributed by atoms with van der Waals surface area (Å²) < 4.78 is 0. The first kappa shape index (κ1) is 16.6. The second-order valence-electron chi connectivity index (χ2n) is 5.48. The standard InChI is InChI=1S/C18H25N3O/c1-3-15-8-9-17(20-11-15)13-21(18(4-2)14-22)12-16-7-5-6-10-19-16/h5-11,18,22H,3-4,12-14H2,1-2H3. The molecule has 2 rings (SSSR count). The van der Waals surface area contributed by atoms with Crippen LogP contribution in [-0.4, -0.2) is 32.6 Å². The highest BCUT2D eigenvalue weighted by Crippen LogP contribution is 2.13. The highest BCUT2D eigenvalue weighted by atomic mass is 16.3. The molecule has 118 valence electrons. The van der Waals surface area contributed by atoms with Gasteiger partial charge >= 0.3 is 0 Å². The summed E-state index contributed by atoms with van der Waals surface area (Å²) in [6, 6.07) is 10.3. The van der Waals surface area contributed by atoms with Gasteiger partial charge in [-0.2, -0.15) is 0 Å². The van der Waals surface area contributed by atoms with Crippen molar-refractivity contribution in [2.45, 2.75) is 45.8 Å². The van der Waals surface area contributed by atoms with Gasteiger partial charge in [0, 0.05) is 31.5 Å². The molecule has 1 atom stereocenters. The lowest BCUT2D eigenvalue weighted by molar-refractivity contribution is 0.104. The van der Waals surface area contributed by atoms with Gasteiger partial charge < -0.3 is 5.11 Å². The fraction of sp³-hybridized carbons (Fsp3) is 0.444. The van der Waals surface area contributed by atoms with Crippen LogP contribution >= 0.6 is 0 Å². The molecule has 0 aliphatic carbocycles. The Kier molecular flexibility index (Phi) is 6.49. The van der Waals surface area contributed by atoms with E-state index in [0.717, 1.165) is 37.3 Å². The van der Waals surface area contributed by atoms with Crippen LogP contribution in [0, 0.1) is 0 Å². The number of pyridine rings is 2. The molecule has 0 saturated carbocycles. The van der Waals surface area contributed by atoms with Crippen LogP contribution in [0.15, 0.2) is 42.7 Å². The van der Waals surface area contributed by atoms with E-state index in [0.29, 0.717) is 0 Å². The van der Waals surface area contributed by atoms with Crippen molar-refractivity contribution < 1.29 is 5.11 Å². The number of aliphatic hydroxyl groups is 1. The molecule has 0 fully saturated rings. The Morgan fingerprint density at radius 3 is 2.32 bits per heavy atom. The lowest BCUT2D eigenvalue weighted by atomic mass is 10.1. The number of nitrogens with zero attached hydrogens (tertiary/aromatic N) is 3. The minimum absolute atomic E-state index is 0.120.